The molecule has 0 aromatic heterocycles. The van der Waals surface area contributed by atoms with Crippen molar-refractivity contribution in [3.05, 3.63) is 35.9 Å². The quantitative estimate of drug-likeness (QED) is 0.779. The average molecular weight is 306 g/mol. The first-order valence-corrected chi connectivity index (χ1v) is 7.75. The number of aliphatic hydroxyl groups excluding tert-OH is 1. The molecule has 2 unspecified atom stereocenters. The molecule has 3 N–H and O–H groups in total. The summed E-state index contributed by atoms with van der Waals surface area (Å²) in [6.45, 7) is 1.61. The molecule has 0 aliphatic carbocycles. The van der Waals surface area contributed by atoms with Gasteiger partial charge >= 0.3 is 0 Å². The Morgan fingerprint density at radius 2 is 2.14 bits per heavy atom. The van der Waals surface area contributed by atoms with E-state index in [1.165, 1.54) is 0 Å². The minimum absolute atomic E-state index is 0.0202. The predicted octanol–water partition coefficient (Wildman–Crippen LogP) is 1.36. The average Bonchev–Trinajstić information content (AvgIpc) is 2.94. The topological polar surface area (TPSA) is 66.6 Å². The molecule has 1 heterocycles. The molecule has 21 heavy (non-hydrogen) atoms. The molecule has 1 amide bonds. The first-order valence-electron chi connectivity index (χ1n) is 7.34. The lowest BCUT2D eigenvalue weighted by Crippen LogP contribution is -2.41. The van der Waals surface area contributed by atoms with Gasteiger partial charge in [0.1, 0.15) is 0 Å². The number of aliphatic hydroxyl groups is 1. The Bertz CT molecular complexity index is 492. The van der Waals surface area contributed by atoms with Crippen molar-refractivity contribution in [3.8, 4) is 0 Å². The minimum Gasteiger partial charge on any atom is -0.396 e. The van der Waals surface area contributed by atoms with E-state index in [1.54, 1.807) is 0 Å². The van der Waals surface area contributed by atoms with Gasteiger partial charge in [-0.15, -0.1) is 0 Å². The van der Waals surface area contributed by atoms with Gasteiger partial charge in [0.2, 0.25) is 5.91 Å². The number of carbonyl (C=O) groups is 1. The van der Waals surface area contributed by atoms with E-state index in [9.17, 15) is 4.79 Å². The Morgan fingerprint density at radius 3 is 2.76 bits per heavy atom. The lowest BCUT2D eigenvalue weighted by Gasteiger charge is -2.23. The highest BCUT2D eigenvalue weighted by Crippen LogP contribution is 2.22. The normalized spacial score (nSPS) is 19.5. The fourth-order valence-electron chi connectivity index (χ4n) is 2.83. The molecule has 1 aromatic carbocycles. The van der Waals surface area contributed by atoms with Crippen LogP contribution in [0.3, 0.4) is 0 Å². The van der Waals surface area contributed by atoms with E-state index >= 15 is 0 Å². The van der Waals surface area contributed by atoms with Crippen LogP contribution in [0.4, 0.5) is 0 Å². The van der Waals surface area contributed by atoms with Gasteiger partial charge in [0.05, 0.1) is 10.9 Å². The summed E-state index contributed by atoms with van der Waals surface area (Å²) in [5, 5.41) is 9.00. The predicted molar refractivity (Wildman–Crippen MR) is 86.8 cm³/mol. The summed E-state index contributed by atoms with van der Waals surface area (Å²) in [7, 11) is 0. The lowest BCUT2D eigenvalue weighted by molar-refractivity contribution is -0.132. The SMILES string of the molecule is NC(=S)C(Cc1ccccc1)C(=O)N1CCC(CCO)C1. The van der Waals surface area contributed by atoms with Crippen molar-refractivity contribution in [3.63, 3.8) is 0 Å². The molecule has 2 rings (SSSR count). The Kier molecular flexibility index (Phi) is 5.70. The van der Waals surface area contributed by atoms with Crippen LogP contribution in [0.15, 0.2) is 30.3 Å². The molecular formula is C16H22N2O2S. The van der Waals surface area contributed by atoms with E-state index in [4.69, 9.17) is 23.1 Å². The number of hydrogen-bond acceptors (Lipinski definition) is 3. The molecule has 0 bridgehead atoms. The maximum atomic E-state index is 12.6. The van der Waals surface area contributed by atoms with Crippen molar-refractivity contribution in [1.29, 1.82) is 0 Å². The summed E-state index contributed by atoms with van der Waals surface area (Å²) in [6.07, 6.45) is 2.25. The largest absolute Gasteiger partial charge is 0.396 e. The molecule has 2 atom stereocenters. The van der Waals surface area contributed by atoms with Crippen LogP contribution in [0.25, 0.3) is 0 Å². The highest BCUT2D eigenvalue weighted by Gasteiger charge is 2.32. The maximum Gasteiger partial charge on any atom is 0.232 e. The molecule has 4 nitrogen and oxygen atoms in total. The molecule has 1 aromatic rings. The van der Waals surface area contributed by atoms with Crippen LogP contribution < -0.4 is 5.73 Å². The molecule has 0 saturated carbocycles. The van der Waals surface area contributed by atoms with Gasteiger partial charge in [-0.1, -0.05) is 42.5 Å². The Morgan fingerprint density at radius 1 is 1.43 bits per heavy atom. The zero-order valence-corrected chi connectivity index (χ0v) is 12.9. The summed E-state index contributed by atoms with van der Waals surface area (Å²) < 4.78 is 0. The number of nitrogens with two attached hydrogens (primary N) is 1. The Balaban J connectivity index is 2.01. The molecule has 1 fully saturated rings. The van der Waals surface area contributed by atoms with Gasteiger partial charge in [0, 0.05) is 19.7 Å². The van der Waals surface area contributed by atoms with E-state index < -0.39 is 5.92 Å². The molecule has 114 valence electrons. The summed E-state index contributed by atoms with van der Waals surface area (Å²) >= 11 is 5.10. The number of amides is 1. The molecule has 0 spiro atoms. The second-order valence-electron chi connectivity index (χ2n) is 5.60. The highest BCUT2D eigenvalue weighted by atomic mass is 32.1. The second kappa shape index (κ2) is 7.52. The molecule has 1 aliphatic heterocycles. The second-order valence-corrected chi connectivity index (χ2v) is 6.07. The lowest BCUT2D eigenvalue weighted by atomic mass is 9.98. The first kappa shape index (κ1) is 15.9. The van der Waals surface area contributed by atoms with Gasteiger partial charge in [-0.3, -0.25) is 4.79 Å². The first-order chi connectivity index (χ1) is 10.1. The fraction of sp³-hybridized carbons (Fsp3) is 0.500. The minimum atomic E-state index is -0.435. The third-order valence-electron chi connectivity index (χ3n) is 4.06. The van der Waals surface area contributed by atoms with Crippen LogP contribution in [0.5, 0.6) is 0 Å². The zero-order valence-electron chi connectivity index (χ0n) is 12.1. The van der Waals surface area contributed by atoms with Gasteiger partial charge in [-0.2, -0.15) is 0 Å². The summed E-state index contributed by atoms with van der Waals surface area (Å²) in [6, 6.07) is 9.81. The third kappa shape index (κ3) is 4.25. The van der Waals surface area contributed by atoms with Crippen LogP contribution in [0, 0.1) is 11.8 Å². The van der Waals surface area contributed by atoms with Crippen molar-refractivity contribution in [2.24, 2.45) is 17.6 Å². The number of hydrogen-bond donors (Lipinski definition) is 2. The maximum absolute atomic E-state index is 12.6. The standard InChI is InChI=1S/C16H22N2O2S/c17-15(21)14(10-12-4-2-1-3-5-12)16(20)18-8-6-13(11-18)7-9-19/h1-5,13-14,19H,6-11H2,(H2,17,21). The molecule has 0 radical (unpaired) electrons. The summed E-state index contributed by atoms with van der Waals surface area (Å²) in [5.74, 6) is -0.0234. The van der Waals surface area contributed by atoms with E-state index in [0.717, 1.165) is 24.9 Å². The number of carbonyl (C=O) groups excluding carboxylic acids is 1. The van der Waals surface area contributed by atoms with Crippen LogP contribution in [0.1, 0.15) is 18.4 Å². The van der Waals surface area contributed by atoms with Gasteiger partial charge in [0.25, 0.3) is 0 Å². The summed E-state index contributed by atoms with van der Waals surface area (Å²) in [4.78, 5) is 14.7. The zero-order chi connectivity index (χ0) is 15.2. The van der Waals surface area contributed by atoms with Crippen LogP contribution in [-0.4, -0.2) is 40.6 Å². The smallest absolute Gasteiger partial charge is 0.232 e. The summed E-state index contributed by atoms with van der Waals surface area (Å²) in [5.41, 5.74) is 6.85. The van der Waals surface area contributed by atoms with Crippen molar-refractivity contribution in [2.75, 3.05) is 19.7 Å². The van der Waals surface area contributed by atoms with Gasteiger partial charge < -0.3 is 15.7 Å². The fourth-order valence-corrected chi connectivity index (χ4v) is 3.01. The third-order valence-corrected chi connectivity index (χ3v) is 4.34. The number of benzene rings is 1. The number of rotatable bonds is 6. The molecule has 1 saturated heterocycles. The van der Waals surface area contributed by atoms with E-state index in [-0.39, 0.29) is 17.5 Å². The van der Waals surface area contributed by atoms with Crippen molar-refractivity contribution in [2.45, 2.75) is 19.3 Å². The molecule has 1 aliphatic rings. The van der Waals surface area contributed by atoms with Crippen LogP contribution >= 0.6 is 12.2 Å². The monoisotopic (exact) mass is 306 g/mol. The van der Waals surface area contributed by atoms with E-state index in [1.807, 2.05) is 35.2 Å². The molecular weight excluding hydrogens is 284 g/mol. The highest BCUT2D eigenvalue weighted by molar-refractivity contribution is 7.80. The van der Waals surface area contributed by atoms with Crippen molar-refractivity contribution in [1.82, 2.24) is 4.90 Å². The number of likely N-dealkylation sites (tertiary alicyclic amines) is 1. The van der Waals surface area contributed by atoms with Gasteiger partial charge in [-0.25, -0.2) is 0 Å². The van der Waals surface area contributed by atoms with Crippen molar-refractivity contribution < 1.29 is 9.90 Å². The van der Waals surface area contributed by atoms with Crippen molar-refractivity contribution >= 4 is 23.1 Å². The number of nitrogens with zero attached hydrogens (tertiary/aromatic N) is 1. The van der Waals surface area contributed by atoms with E-state index in [2.05, 4.69) is 0 Å². The number of thiocarbonyl (C=S) groups is 1. The van der Waals surface area contributed by atoms with Gasteiger partial charge in [0.15, 0.2) is 0 Å². The van der Waals surface area contributed by atoms with E-state index in [0.29, 0.717) is 18.9 Å². The Labute approximate surface area is 130 Å². The van der Waals surface area contributed by atoms with Crippen LogP contribution in [-0.2, 0) is 11.2 Å². The molecule has 5 heteroatoms. The Hall–Kier alpha value is -1.46. The van der Waals surface area contributed by atoms with Crippen LogP contribution in [0.2, 0.25) is 0 Å². The van der Waals surface area contributed by atoms with Gasteiger partial charge in [-0.05, 0) is 30.7 Å².